The van der Waals surface area contributed by atoms with E-state index in [2.05, 4.69) is 9.80 Å². The van der Waals surface area contributed by atoms with Crippen LogP contribution in [0.5, 0.6) is 0 Å². The molecule has 0 aromatic rings. The summed E-state index contributed by atoms with van der Waals surface area (Å²) in [4.78, 5) is 14.9. The van der Waals surface area contributed by atoms with Gasteiger partial charge in [0.25, 0.3) is 0 Å². The normalized spacial score (nSPS) is 23.6. The number of rotatable bonds is 4. The third-order valence-corrected chi connectivity index (χ3v) is 3.05. The van der Waals surface area contributed by atoms with Crippen molar-refractivity contribution in [1.82, 2.24) is 9.80 Å². The quantitative estimate of drug-likeness (QED) is 0.691. The van der Waals surface area contributed by atoms with Crippen molar-refractivity contribution in [2.24, 2.45) is 5.92 Å². The summed E-state index contributed by atoms with van der Waals surface area (Å²) < 4.78 is 0. The molecule has 15 heavy (non-hydrogen) atoms. The van der Waals surface area contributed by atoms with Crippen molar-refractivity contribution in [2.45, 2.75) is 12.8 Å². The molecule has 0 aromatic heterocycles. The summed E-state index contributed by atoms with van der Waals surface area (Å²) >= 11 is 0. The van der Waals surface area contributed by atoms with E-state index in [1.807, 2.05) is 0 Å². The predicted octanol–water partition coefficient (Wildman–Crippen LogP) is 0.612. The van der Waals surface area contributed by atoms with Crippen molar-refractivity contribution >= 4 is 5.97 Å². The van der Waals surface area contributed by atoms with Crippen LogP contribution in [0.4, 0.5) is 0 Å². The number of hydrogen-bond donors (Lipinski definition) is 1. The molecule has 1 saturated carbocycles. The lowest BCUT2D eigenvalue weighted by molar-refractivity contribution is -0.131. The van der Waals surface area contributed by atoms with Crippen molar-refractivity contribution in [1.29, 1.82) is 0 Å². The number of carboxylic acid groups (broad SMARTS) is 1. The van der Waals surface area contributed by atoms with Crippen molar-refractivity contribution in [3.8, 4) is 0 Å². The third-order valence-electron chi connectivity index (χ3n) is 3.05. The number of piperazine rings is 1. The maximum atomic E-state index is 10.3. The SMILES string of the molecule is O=C(O)C=CN1CCN(CC2CC2)CC1. The second-order valence-corrected chi connectivity index (χ2v) is 4.43. The molecule has 0 unspecified atom stereocenters. The van der Waals surface area contributed by atoms with Gasteiger partial charge in [0.15, 0.2) is 0 Å². The van der Waals surface area contributed by atoms with E-state index < -0.39 is 5.97 Å². The highest BCUT2D eigenvalue weighted by Crippen LogP contribution is 2.29. The van der Waals surface area contributed by atoms with Gasteiger partial charge in [-0.2, -0.15) is 0 Å². The van der Waals surface area contributed by atoms with E-state index in [1.54, 1.807) is 6.20 Å². The molecule has 0 atom stereocenters. The number of carbonyl (C=O) groups is 1. The van der Waals surface area contributed by atoms with Crippen LogP contribution in [0.3, 0.4) is 0 Å². The summed E-state index contributed by atoms with van der Waals surface area (Å²) in [5.41, 5.74) is 0. The number of nitrogens with zero attached hydrogens (tertiary/aromatic N) is 2. The Bertz CT molecular complexity index is 253. The van der Waals surface area contributed by atoms with Crippen LogP contribution in [-0.4, -0.2) is 53.6 Å². The number of hydrogen-bond acceptors (Lipinski definition) is 3. The smallest absolute Gasteiger partial charge is 0.329 e. The fraction of sp³-hybridized carbons (Fsp3) is 0.727. The molecule has 0 radical (unpaired) electrons. The van der Waals surface area contributed by atoms with Gasteiger partial charge < -0.3 is 10.0 Å². The zero-order valence-electron chi connectivity index (χ0n) is 8.93. The van der Waals surface area contributed by atoms with Crippen molar-refractivity contribution < 1.29 is 9.90 Å². The van der Waals surface area contributed by atoms with E-state index in [-0.39, 0.29) is 0 Å². The Kier molecular flexibility index (Phi) is 3.26. The number of carboxylic acids is 1. The molecular weight excluding hydrogens is 192 g/mol. The van der Waals surface area contributed by atoms with E-state index in [0.717, 1.165) is 32.1 Å². The standard InChI is InChI=1S/C11H18N2O2/c14-11(15)3-4-12-5-7-13(8-6-12)9-10-1-2-10/h3-4,10H,1-2,5-9H2,(H,14,15). The third kappa shape index (κ3) is 3.55. The Balaban J connectivity index is 1.68. The first-order chi connectivity index (χ1) is 7.24. The van der Waals surface area contributed by atoms with Gasteiger partial charge >= 0.3 is 5.97 Å². The highest BCUT2D eigenvalue weighted by molar-refractivity contribution is 5.79. The van der Waals surface area contributed by atoms with Crippen LogP contribution in [-0.2, 0) is 4.79 Å². The molecule has 2 rings (SSSR count). The van der Waals surface area contributed by atoms with Crippen LogP contribution in [0.25, 0.3) is 0 Å². The second kappa shape index (κ2) is 4.66. The molecular formula is C11H18N2O2. The average Bonchev–Trinajstić information content (AvgIpc) is 3.01. The zero-order chi connectivity index (χ0) is 10.7. The Morgan fingerprint density at radius 1 is 1.27 bits per heavy atom. The van der Waals surface area contributed by atoms with Gasteiger partial charge in [0.1, 0.15) is 0 Å². The Morgan fingerprint density at radius 2 is 1.93 bits per heavy atom. The average molecular weight is 210 g/mol. The molecule has 0 aromatic carbocycles. The minimum absolute atomic E-state index is 0.865. The molecule has 2 fully saturated rings. The van der Waals surface area contributed by atoms with Gasteiger partial charge in [0.2, 0.25) is 0 Å². The van der Waals surface area contributed by atoms with Gasteiger partial charge in [-0.25, -0.2) is 4.79 Å². The van der Waals surface area contributed by atoms with Crippen LogP contribution in [0, 0.1) is 5.92 Å². The summed E-state index contributed by atoms with van der Waals surface area (Å²) in [5, 5.41) is 8.50. The summed E-state index contributed by atoms with van der Waals surface area (Å²) in [5.74, 6) is 0.0847. The van der Waals surface area contributed by atoms with Gasteiger partial charge in [-0.15, -0.1) is 0 Å². The lowest BCUT2D eigenvalue weighted by Gasteiger charge is -2.33. The molecule has 1 N–H and O–H groups in total. The molecule has 0 bridgehead atoms. The first-order valence-electron chi connectivity index (χ1n) is 5.61. The van der Waals surface area contributed by atoms with E-state index in [9.17, 15) is 4.79 Å². The van der Waals surface area contributed by atoms with E-state index in [1.165, 1.54) is 25.5 Å². The molecule has 1 aliphatic heterocycles. The van der Waals surface area contributed by atoms with Gasteiger partial charge in [-0.05, 0) is 18.8 Å². The van der Waals surface area contributed by atoms with E-state index in [4.69, 9.17) is 5.11 Å². The van der Waals surface area contributed by atoms with Crippen LogP contribution >= 0.6 is 0 Å². The Labute approximate surface area is 90.2 Å². The molecule has 84 valence electrons. The maximum absolute atomic E-state index is 10.3. The lowest BCUT2D eigenvalue weighted by Crippen LogP contribution is -2.44. The lowest BCUT2D eigenvalue weighted by atomic mass is 10.3. The highest BCUT2D eigenvalue weighted by atomic mass is 16.4. The molecule has 4 nitrogen and oxygen atoms in total. The maximum Gasteiger partial charge on any atom is 0.329 e. The number of aliphatic carboxylic acids is 1. The van der Waals surface area contributed by atoms with Gasteiger partial charge in [-0.3, -0.25) is 4.90 Å². The molecule has 0 spiro atoms. The zero-order valence-corrected chi connectivity index (χ0v) is 8.93. The molecule has 2 aliphatic rings. The first-order valence-corrected chi connectivity index (χ1v) is 5.61. The molecule has 4 heteroatoms. The summed E-state index contributed by atoms with van der Waals surface area (Å²) in [7, 11) is 0. The minimum atomic E-state index is -0.865. The minimum Gasteiger partial charge on any atom is -0.478 e. The summed E-state index contributed by atoms with van der Waals surface area (Å²) in [6, 6.07) is 0. The fourth-order valence-corrected chi connectivity index (χ4v) is 1.93. The molecule has 1 aliphatic carbocycles. The molecule has 1 heterocycles. The van der Waals surface area contributed by atoms with Gasteiger partial charge in [0.05, 0.1) is 0 Å². The topological polar surface area (TPSA) is 43.8 Å². The van der Waals surface area contributed by atoms with Crippen molar-refractivity contribution in [2.75, 3.05) is 32.7 Å². The Morgan fingerprint density at radius 3 is 2.47 bits per heavy atom. The van der Waals surface area contributed by atoms with E-state index >= 15 is 0 Å². The van der Waals surface area contributed by atoms with Gasteiger partial charge in [0, 0.05) is 45.0 Å². The van der Waals surface area contributed by atoms with Crippen molar-refractivity contribution in [3.05, 3.63) is 12.3 Å². The highest BCUT2D eigenvalue weighted by Gasteiger charge is 2.25. The second-order valence-electron chi connectivity index (χ2n) is 4.43. The first kappa shape index (κ1) is 10.5. The Hall–Kier alpha value is -1.03. The van der Waals surface area contributed by atoms with E-state index in [0.29, 0.717) is 0 Å². The molecule has 1 saturated heterocycles. The fourth-order valence-electron chi connectivity index (χ4n) is 1.93. The summed E-state index contributed by atoms with van der Waals surface area (Å²) in [6.07, 6.45) is 5.71. The van der Waals surface area contributed by atoms with Crippen molar-refractivity contribution in [3.63, 3.8) is 0 Å². The predicted molar refractivity (Wildman–Crippen MR) is 57.5 cm³/mol. The van der Waals surface area contributed by atoms with Gasteiger partial charge in [-0.1, -0.05) is 0 Å². The van der Waals surface area contributed by atoms with Crippen LogP contribution in [0.15, 0.2) is 12.3 Å². The van der Waals surface area contributed by atoms with Crippen LogP contribution in [0.1, 0.15) is 12.8 Å². The monoisotopic (exact) mass is 210 g/mol. The van der Waals surface area contributed by atoms with Crippen LogP contribution in [0.2, 0.25) is 0 Å². The molecule has 0 amide bonds. The largest absolute Gasteiger partial charge is 0.478 e. The van der Waals surface area contributed by atoms with Crippen LogP contribution < -0.4 is 0 Å². The summed E-state index contributed by atoms with van der Waals surface area (Å²) in [6.45, 7) is 5.30.